The van der Waals surface area contributed by atoms with Gasteiger partial charge < -0.3 is 15.2 Å². The molecule has 2 aromatic rings. The molecule has 5 nitrogen and oxygen atoms in total. The maximum absolute atomic E-state index is 14.1. The summed E-state index contributed by atoms with van der Waals surface area (Å²) >= 11 is 0. The normalized spacial score (nSPS) is 29.8. The lowest BCUT2D eigenvalue weighted by atomic mass is 9.52. The third-order valence-electron chi connectivity index (χ3n) is 7.84. The predicted octanol–water partition coefficient (Wildman–Crippen LogP) is 3.92. The van der Waals surface area contributed by atoms with Gasteiger partial charge in [0.2, 0.25) is 0 Å². The maximum atomic E-state index is 14.1. The van der Waals surface area contributed by atoms with Gasteiger partial charge >= 0.3 is 0 Å². The number of halogens is 1. The summed E-state index contributed by atoms with van der Waals surface area (Å²) in [7, 11) is 1.59. The van der Waals surface area contributed by atoms with E-state index in [-0.39, 0.29) is 17.5 Å². The number of rotatable bonds is 7. The number of hydrogen-bond donors (Lipinski definition) is 2. The molecule has 33 heavy (non-hydrogen) atoms. The second-order valence-corrected chi connectivity index (χ2v) is 10.1. The first kappa shape index (κ1) is 22.2. The first-order valence-corrected chi connectivity index (χ1v) is 11.8. The van der Waals surface area contributed by atoms with E-state index in [0.29, 0.717) is 47.5 Å². The number of carbonyl (C=O) groups excluding carboxylic acids is 2. The van der Waals surface area contributed by atoms with Crippen LogP contribution in [0.3, 0.4) is 0 Å². The Labute approximate surface area is 193 Å². The molecular weight excluding hydrogens is 421 g/mol. The van der Waals surface area contributed by atoms with Gasteiger partial charge in [-0.3, -0.25) is 9.59 Å². The quantitative estimate of drug-likeness (QED) is 0.626. The van der Waals surface area contributed by atoms with Crippen LogP contribution in [-0.2, 0) is 11.2 Å². The van der Waals surface area contributed by atoms with Crippen LogP contribution < -0.4 is 5.32 Å². The molecule has 4 bridgehead atoms. The van der Waals surface area contributed by atoms with Crippen molar-refractivity contribution >= 4 is 11.7 Å². The van der Waals surface area contributed by atoms with Gasteiger partial charge in [-0.05, 0) is 86.1 Å². The Balaban J connectivity index is 1.39. The molecule has 2 N–H and O–H groups in total. The van der Waals surface area contributed by atoms with E-state index in [1.165, 1.54) is 12.1 Å². The predicted molar refractivity (Wildman–Crippen MR) is 122 cm³/mol. The summed E-state index contributed by atoms with van der Waals surface area (Å²) in [6.45, 7) is 0.404. The van der Waals surface area contributed by atoms with Gasteiger partial charge in [0.25, 0.3) is 5.91 Å². The number of hydrogen-bond acceptors (Lipinski definition) is 4. The van der Waals surface area contributed by atoms with Crippen molar-refractivity contribution in [2.45, 2.75) is 50.2 Å². The fourth-order valence-electron chi connectivity index (χ4n) is 6.62. The van der Waals surface area contributed by atoms with Crippen LogP contribution in [0.4, 0.5) is 4.39 Å². The summed E-state index contributed by atoms with van der Waals surface area (Å²) in [6.07, 6.45) is 5.03. The van der Waals surface area contributed by atoms with E-state index in [0.717, 1.165) is 32.1 Å². The second kappa shape index (κ2) is 8.65. The number of methoxy groups -OCH3 is 1. The summed E-state index contributed by atoms with van der Waals surface area (Å²) in [6, 6.07) is 10.9. The molecule has 0 heterocycles. The van der Waals surface area contributed by atoms with Crippen LogP contribution in [0.2, 0.25) is 0 Å². The zero-order chi connectivity index (χ0) is 23.2. The van der Waals surface area contributed by atoms with E-state index in [4.69, 9.17) is 4.74 Å². The van der Waals surface area contributed by atoms with Crippen LogP contribution in [0.25, 0.3) is 0 Å². The molecule has 0 spiro atoms. The second-order valence-electron chi connectivity index (χ2n) is 10.1. The summed E-state index contributed by atoms with van der Waals surface area (Å²) in [5.41, 5.74) is 1.04. The minimum atomic E-state index is -0.564. The Kier molecular flexibility index (Phi) is 5.83. The highest BCUT2D eigenvalue weighted by Gasteiger charge is 2.55. The molecule has 2 aromatic carbocycles. The Morgan fingerprint density at radius 1 is 1.09 bits per heavy atom. The Hall–Kier alpha value is -2.57. The van der Waals surface area contributed by atoms with Gasteiger partial charge in [-0.25, -0.2) is 4.39 Å². The van der Waals surface area contributed by atoms with Crippen molar-refractivity contribution in [2.24, 2.45) is 17.8 Å². The zero-order valence-corrected chi connectivity index (χ0v) is 18.9. The Bertz CT molecular complexity index is 1070. The van der Waals surface area contributed by atoms with E-state index < -0.39 is 17.2 Å². The molecule has 0 aromatic heterocycles. The van der Waals surface area contributed by atoms with Crippen LogP contribution in [0, 0.1) is 23.6 Å². The zero-order valence-electron chi connectivity index (χ0n) is 18.9. The third kappa shape index (κ3) is 4.22. The van der Waals surface area contributed by atoms with Crippen molar-refractivity contribution in [2.75, 3.05) is 13.7 Å². The van der Waals surface area contributed by atoms with E-state index in [1.807, 2.05) is 0 Å². The smallest absolute Gasteiger partial charge is 0.251 e. The van der Waals surface area contributed by atoms with Crippen molar-refractivity contribution in [1.29, 1.82) is 0 Å². The third-order valence-corrected chi connectivity index (χ3v) is 7.84. The molecule has 4 aliphatic carbocycles. The number of nitrogens with one attached hydrogen (secondary N) is 1. The fourth-order valence-corrected chi connectivity index (χ4v) is 6.62. The van der Waals surface area contributed by atoms with E-state index in [2.05, 4.69) is 5.32 Å². The SMILES string of the molecule is COCCc1cc(C(=O)c2ccccc2F)ccc1C(=O)N[C@H]1C2CC3CC1C[C@](O)(C3)C2. The molecular formula is C27H30FNO4. The summed E-state index contributed by atoms with van der Waals surface area (Å²) < 4.78 is 19.4. The minimum absolute atomic E-state index is 0.0129. The molecule has 2 unspecified atom stereocenters. The lowest BCUT2D eigenvalue weighted by Crippen LogP contribution is -2.61. The molecule has 174 valence electrons. The van der Waals surface area contributed by atoms with E-state index >= 15 is 0 Å². The van der Waals surface area contributed by atoms with Gasteiger partial charge in [0, 0.05) is 24.3 Å². The monoisotopic (exact) mass is 451 g/mol. The van der Waals surface area contributed by atoms with Gasteiger partial charge in [-0.15, -0.1) is 0 Å². The molecule has 0 saturated heterocycles. The van der Waals surface area contributed by atoms with Gasteiger partial charge in [0.1, 0.15) is 5.82 Å². The number of ketones is 1. The van der Waals surface area contributed by atoms with Crippen LogP contribution in [0.5, 0.6) is 0 Å². The number of ether oxygens (including phenoxy) is 1. The van der Waals surface area contributed by atoms with Crippen molar-refractivity contribution in [1.82, 2.24) is 5.32 Å². The number of carbonyl (C=O) groups is 2. The molecule has 4 fully saturated rings. The molecule has 2 atom stereocenters. The van der Waals surface area contributed by atoms with Crippen molar-refractivity contribution in [3.05, 3.63) is 70.5 Å². The van der Waals surface area contributed by atoms with Crippen LogP contribution in [0.1, 0.15) is 63.9 Å². The van der Waals surface area contributed by atoms with Crippen LogP contribution in [-0.4, -0.2) is 42.2 Å². The fraction of sp³-hybridized carbons (Fsp3) is 0.481. The molecule has 0 radical (unpaired) electrons. The average molecular weight is 452 g/mol. The highest BCUT2D eigenvalue weighted by atomic mass is 19.1. The molecule has 6 heteroatoms. The first-order chi connectivity index (χ1) is 15.9. The average Bonchev–Trinajstić information content (AvgIpc) is 2.78. The first-order valence-electron chi connectivity index (χ1n) is 11.8. The maximum Gasteiger partial charge on any atom is 0.251 e. The van der Waals surface area contributed by atoms with E-state index in [1.54, 1.807) is 37.4 Å². The lowest BCUT2D eigenvalue weighted by molar-refractivity contribution is -0.136. The number of amides is 1. The largest absolute Gasteiger partial charge is 0.390 e. The van der Waals surface area contributed by atoms with Gasteiger partial charge in [0.15, 0.2) is 5.78 Å². The molecule has 4 aliphatic rings. The highest BCUT2D eigenvalue weighted by Crippen LogP contribution is 2.55. The van der Waals surface area contributed by atoms with Gasteiger partial charge in [-0.1, -0.05) is 18.2 Å². The molecule has 4 saturated carbocycles. The van der Waals surface area contributed by atoms with E-state index in [9.17, 15) is 19.1 Å². The summed E-state index contributed by atoms with van der Waals surface area (Å²) in [5.74, 6) is 0.0698. The number of aliphatic hydroxyl groups is 1. The molecule has 0 aliphatic heterocycles. The molecule has 6 rings (SSSR count). The Morgan fingerprint density at radius 3 is 2.48 bits per heavy atom. The summed E-state index contributed by atoms with van der Waals surface area (Å²) in [4.78, 5) is 26.2. The molecule has 1 amide bonds. The Morgan fingerprint density at radius 2 is 1.82 bits per heavy atom. The highest BCUT2D eigenvalue weighted by molar-refractivity contribution is 6.10. The van der Waals surface area contributed by atoms with Gasteiger partial charge in [0.05, 0.1) is 17.8 Å². The summed E-state index contributed by atoms with van der Waals surface area (Å²) in [5, 5.41) is 14.1. The lowest BCUT2D eigenvalue weighted by Gasteiger charge is -2.58. The van der Waals surface area contributed by atoms with Crippen molar-refractivity contribution in [3.8, 4) is 0 Å². The van der Waals surface area contributed by atoms with Crippen molar-refractivity contribution < 1.29 is 23.8 Å². The topological polar surface area (TPSA) is 75.6 Å². The van der Waals surface area contributed by atoms with Crippen molar-refractivity contribution in [3.63, 3.8) is 0 Å². The minimum Gasteiger partial charge on any atom is -0.390 e. The van der Waals surface area contributed by atoms with Crippen LogP contribution in [0.15, 0.2) is 42.5 Å². The standard InChI is InChI=1S/C27H30FNO4/c1-33-9-8-17-12-18(25(30)22-4-2-3-5-23(22)28)6-7-21(17)26(31)29-24-19-10-16-11-20(24)15-27(32,13-16)14-19/h2-7,12,16,19-20,24,32H,8-11,13-15H2,1H3,(H,29,31)/t16?,19?,20?,24-,27-. The van der Waals surface area contributed by atoms with Crippen LogP contribution >= 0.6 is 0 Å². The number of benzene rings is 2. The van der Waals surface area contributed by atoms with Gasteiger partial charge in [-0.2, -0.15) is 0 Å².